The lowest BCUT2D eigenvalue weighted by molar-refractivity contribution is -0.123. The molecule has 1 fully saturated rings. The monoisotopic (exact) mass is 473 g/mol. The van der Waals surface area contributed by atoms with Crippen molar-refractivity contribution in [2.75, 3.05) is 26.2 Å². The van der Waals surface area contributed by atoms with Gasteiger partial charge in [-0.25, -0.2) is 0 Å². The van der Waals surface area contributed by atoms with E-state index in [4.69, 9.17) is 4.74 Å². The molecule has 0 unspecified atom stereocenters. The van der Waals surface area contributed by atoms with Crippen molar-refractivity contribution in [2.45, 2.75) is 50.0 Å². The summed E-state index contributed by atoms with van der Waals surface area (Å²) in [6.07, 6.45) is 10.7. The average Bonchev–Trinajstić information content (AvgIpc) is 3.10. The van der Waals surface area contributed by atoms with Crippen molar-refractivity contribution in [3.05, 3.63) is 47.6 Å². The molecule has 1 spiro atoms. The number of benzene rings is 1. The highest BCUT2D eigenvalue weighted by molar-refractivity contribution is 5.92. The van der Waals surface area contributed by atoms with E-state index in [2.05, 4.69) is 16.0 Å². The minimum atomic E-state index is -0.516. The van der Waals surface area contributed by atoms with Crippen LogP contribution in [0.25, 0.3) is 6.08 Å². The summed E-state index contributed by atoms with van der Waals surface area (Å²) in [5, 5.41) is 9.23. The fourth-order valence-electron chi connectivity index (χ4n) is 4.66. The summed E-state index contributed by atoms with van der Waals surface area (Å²) >= 11 is 0. The van der Waals surface area contributed by atoms with E-state index in [9.17, 15) is 14.4 Å². The molecule has 178 valence electrons. The first-order chi connectivity index (χ1) is 15.6. The minimum absolute atomic E-state index is 0. The third kappa shape index (κ3) is 6.03. The number of ketones is 1. The van der Waals surface area contributed by atoms with Gasteiger partial charge in [-0.05, 0) is 68.6 Å². The van der Waals surface area contributed by atoms with Gasteiger partial charge in [0.15, 0.2) is 0 Å². The topological polar surface area (TPSA) is 96.5 Å². The molecule has 2 bridgehead atoms. The summed E-state index contributed by atoms with van der Waals surface area (Å²) in [7, 11) is 0. The number of carbonyl (C=O) groups is 3. The number of hydrogen-bond acceptors (Lipinski definition) is 5. The van der Waals surface area contributed by atoms with Crippen molar-refractivity contribution in [3.8, 4) is 5.75 Å². The summed E-state index contributed by atoms with van der Waals surface area (Å²) < 4.78 is 6.16. The molecule has 33 heavy (non-hydrogen) atoms. The maximum Gasteiger partial charge on any atom is 0.243 e. The maximum absolute atomic E-state index is 12.5. The molecule has 2 aliphatic heterocycles. The van der Waals surface area contributed by atoms with Crippen LogP contribution in [0.3, 0.4) is 0 Å². The second-order valence-electron chi connectivity index (χ2n) is 8.70. The van der Waals surface area contributed by atoms with Crippen molar-refractivity contribution >= 4 is 36.1 Å². The van der Waals surface area contributed by atoms with Gasteiger partial charge in [-0.1, -0.05) is 12.1 Å². The first-order valence-electron chi connectivity index (χ1n) is 11.5. The minimum Gasteiger partial charge on any atom is -0.488 e. The third-order valence-electron chi connectivity index (χ3n) is 6.45. The van der Waals surface area contributed by atoms with Crippen LogP contribution in [0.1, 0.15) is 49.7 Å². The molecule has 0 saturated heterocycles. The fourth-order valence-corrected chi connectivity index (χ4v) is 4.66. The quantitative estimate of drug-likeness (QED) is 0.537. The van der Waals surface area contributed by atoms with Gasteiger partial charge in [0, 0.05) is 37.6 Å². The lowest BCUT2D eigenvalue weighted by Crippen LogP contribution is -2.42. The zero-order valence-corrected chi connectivity index (χ0v) is 19.5. The Labute approximate surface area is 200 Å². The smallest absolute Gasteiger partial charge is 0.243 e. The second kappa shape index (κ2) is 11.5. The molecule has 0 radical (unpaired) electrons. The number of fused-ring (bicyclic) bond motifs is 1. The summed E-state index contributed by atoms with van der Waals surface area (Å²) in [4.78, 5) is 36.8. The molecule has 7 nitrogen and oxygen atoms in total. The number of nitrogens with one attached hydrogen (secondary N) is 3. The summed E-state index contributed by atoms with van der Waals surface area (Å²) in [5.74, 6) is 0.677. The summed E-state index contributed by atoms with van der Waals surface area (Å²) in [6, 6.07) is 5.81. The maximum atomic E-state index is 12.5. The Hall–Kier alpha value is -2.64. The Morgan fingerprint density at radius 3 is 2.45 bits per heavy atom. The van der Waals surface area contributed by atoms with E-state index < -0.39 is 5.41 Å². The fraction of sp³-hybridized carbons (Fsp3) is 0.480. The van der Waals surface area contributed by atoms with Crippen molar-refractivity contribution in [1.82, 2.24) is 16.0 Å². The van der Waals surface area contributed by atoms with Gasteiger partial charge in [-0.15, -0.1) is 12.4 Å². The molecule has 0 aromatic heterocycles. The SMILES string of the molecule is Cl.O=C1CC[C@]23/C=C/C(=O)NCCCCNCCCNC(=O)/C=C/c4ccc(c2c4)O[C@@H]3C1. The Morgan fingerprint density at radius 2 is 1.61 bits per heavy atom. The highest BCUT2D eigenvalue weighted by Crippen LogP contribution is 2.51. The number of Topliss-reactive ketones (excluding diaryl/α,β-unsaturated/α-hetero) is 1. The lowest BCUT2D eigenvalue weighted by atomic mass is 9.68. The third-order valence-corrected chi connectivity index (χ3v) is 6.45. The van der Waals surface area contributed by atoms with Crippen LogP contribution < -0.4 is 20.7 Å². The van der Waals surface area contributed by atoms with E-state index in [1.54, 1.807) is 18.2 Å². The van der Waals surface area contributed by atoms with E-state index in [1.807, 2.05) is 24.3 Å². The second-order valence-corrected chi connectivity index (χ2v) is 8.70. The summed E-state index contributed by atoms with van der Waals surface area (Å²) in [5.41, 5.74) is 1.34. The number of hydrogen-bond donors (Lipinski definition) is 3. The van der Waals surface area contributed by atoms with Crippen LogP contribution >= 0.6 is 12.4 Å². The molecule has 8 heteroatoms. The molecule has 2 amide bonds. The van der Waals surface area contributed by atoms with Gasteiger partial charge < -0.3 is 20.7 Å². The molecular formula is C25H32ClN3O4. The van der Waals surface area contributed by atoms with Gasteiger partial charge in [0.05, 0.1) is 5.41 Å². The standard InChI is InChI=1S/C25H31N3O4.ClH/c29-19-8-10-25-11-9-24(31)27-14-2-1-12-26-13-3-15-28-23(30)7-5-18-4-6-21(20(25)16-18)32-22(25)17-19;/h4-7,9,11,16,22,26H,1-3,8,10,12-15,17H2,(H,27,31)(H,28,30);1H/b7-5+,11-9+;/t22-,25+;/m1./s1. The molecule has 1 aromatic rings. The van der Waals surface area contributed by atoms with Crippen LogP contribution in [0.5, 0.6) is 5.75 Å². The van der Waals surface area contributed by atoms with Crippen LogP contribution in [0, 0.1) is 0 Å². The first kappa shape index (κ1) is 25.0. The largest absolute Gasteiger partial charge is 0.488 e. The first-order valence-corrected chi connectivity index (χ1v) is 11.5. The van der Waals surface area contributed by atoms with Gasteiger partial charge in [-0.2, -0.15) is 0 Å². The molecule has 1 saturated carbocycles. The molecule has 3 aliphatic rings. The molecule has 3 N–H and O–H groups in total. The van der Waals surface area contributed by atoms with Gasteiger partial charge in [-0.3, -0.25) is 14.4 Å². The number of rotatable bonds is 0. The van der Waals surface area contributed by atoms with E-state index >= 15 is 0 Å². The van der Waals surface area contributed by atoms with E-state index in [-0.39, 0.29) is 36.1 Å². The van der Waals surface area contributed by atoms with Crippen molar-refractivity contribution in [1.29, 1.82) is 0 Å². The van der Waals surface area contributed by atoms with E-state index in [0.717, 1.165) is 49.2 Å². The van der Waals surface area contributed by atoms with E-state index in [0.29, 0.717) is 32.4 Å². The Balaban J connectivity index is 0.00000306. The molecule has 2 atom stereocenters. The lowest BCUT2D eigenvalue weighted by Gasteiger charge is -2.35. The number of amides is 2. The molecule has 4 rings (SSSR count). The van der Waals surface area contributed by atoms with Crippen LogP contribution in [-0.4, -0.2) is 49.9 Å². The average molecular weight is 474 g/mol. The van der Waals surface area contributed by atoms with Crippen molar-refractivity contribution in [3.63, 3.8) is 0 Å². The zero-order chi connectivity index (χ0) is 22.4. The molecule has 1 aromatic carbocycles. The predicted molar refractivity (Wildman–Crippen MR) is 130 cm³/mol. The highest BCUT2D eigenvalue weighted by Gasteiger charge is 2.50. The Kier molecular flexibility index (Phi) is 8.69. The van der Waals surface area contributed by atoms with Crippen LogP contribution in [0.4, 0.5) is 0 Å². The van der Waals surface area contributed by atoms with Crippen LogP contribution in [0.2, 0.25) is 0 Å². The summed E-state index contributed by atoms with van der Waals surface area (Å²) in [6.45, 7) is 2.97. The predicted octanol–water partition coefficient (Wildman–Crippen LogP) is 2.44. The van der Waals surface area contributed by atoms with Crippen LogP contribution in [0.15, 0.2) is 36.4 Å². The number of carbonyl (C=O) groups excluding carboxylic acids is 3. The van der Waals surface area contributed by atoms with Gasteiger partial charge in [0.2, 0.25) is 11.8 Å². The van der Waals surface area contributed by atoms with Crippen molar-refractivity contribution < 1.29 is 19.1 Å². The molecule has 1 aliphatic carbocycles. The normalized spacial score (nSPS) is 28.2. The highest BCUT2D eigenvalue weighted by atomic mass is 35.5. The Morgan fingerprint density at radius 1 is 0.879 bits per heavy atom. The zero-order valence-electron chi connectivity index (χ0n) is 18.7. The molecule has 2 heterocycles. The van der Waals surface area contributed by atoms with Crippen molar-refractivity contribution in [2.24, 2.45) is 0 Å². The van der Waals surface area contributed by atoms with Gasteiger partial charge >= 0.3 is 0 Å². The number of ether oxygens (including phenoxy) is 1. The molecular weight excluding hydrogens is 442 g/mol. The van der Waals surface area contributed by atoms with E-state index in [1.165, 1.54) is 0 Å². The number of halogens is 1. The van der Waals surface area contributed by atoms with Gasteiger partial charge in [0.1, 0.15) is 17.6 Å². The Bertz CT molecular complexity index is 946. The van der Waals surface area contributed by atoms with Crippen LogP contribution in [-0.2, 0) is 19.8 Å². The van der Waals surface area contributed by atoms with Gasteiger partial charge in [0.25, 0.3) is 0 Å².